The normalized spacial score (nSPS) is 25.2. The van der Waals surface area contributed by atoms with E-state index in [1.165, 1.54) is 17.0 Å². The molecule has 0 fully saturated rings. The van der Waals surface area contributed by atoms with Gasteiger partial charge in [0.1, 0.15) is 17.1 Å². The number of nitrogens with one attached hydrogen (secondary N) is 1. The molecular weight excluding hydrogens is 506 g/mol. The van der Waals surface area contributed by atoms with Crippen LogP contribution >= 0.6 is 0 Å². The highest BCUT2D eigenvalue weighted by molar-refractivity contribution is 5.99. The molecule has 206 valence electrons. The second-order valence-electron chi connectivity index (χ2n) is 10.8. The average Bonchev–Trinajstić information content (AvgIpc) is 2.84. The third kappa shape index (κ3) is 5.74. The van der Waals surface area contributed by atoms with E-state index in [-0.39, 0.29) is 41.7 Å². The number of hydrogen-bond donors (Lipinski definition) is 2. The molecule has 39 heavy (non-hydrogen) atoms. The van der Waals surface area contributed by atoms with Crippen LogP contribution in [0.1, 0.15) is 85.6 Å². The van der Waals surface area contributed by atoms with Crippen LogP contribution in [0.15, 0.2) is 47.5 Å². The van der Waals surface area contributed by atoms with Crippen molar-refractivity contribution in [2.75, 3.05) is 0 Å². The Morgan fingerprint density at radius 3 is 2.74 bits per heavy atom. The number of carbonyl (C=O) groups excluding carboxylic acids is 2. The van der Waals surface area contributed by atoms with E-state index in [4.69, 9.17) is 10.5 Å². The number of nitrogens with zero attached hydrogens (tertiary/aromatic N) is 2. The van der Waals surface area contributed by atoms with Crippen molar-refractivity contribution < 1.29 is 27.8 Å². The lowest BCUT2D eigenvalue weighted by molar-refractivity contribution is -0.130. The summed E-state index contributed by atoms with van der Waals surface area (Å²) in [6, 6.07) is 8.74. The summed E-state index contributed by atoms with van der Waals surface area (Å²) in [5, 5.41) is 3.07. The Kier molecular flexibility index (Phi) is 7.05. The Balaban J connectivity index is 1.61. The van der Waals surface area contributed by atoms with Crippen LogP contribution in [0.4, 0.5) is 8.78 Å². The number of nitrogens with two attached hydrogens (primary N) is 1. The van der Waals surface area contributed by atoms with E-state index in [1.54, 1.807) is 13.0 Å². The quantitative estimate of drug-likeness (QED) is 0.553. The van der Waals surface area contributed by atoms with Crippen LogP contribution in [-0.2, 0) is 4.79 Å². The number of fused-ring (bicyclic) bond motifs is 4. The molecule has 2 aromatic carbocycles. The standard InChI is InChI=1S/C29H32F2N4O4/c1-16-18-11-19(13-21(12-18)38-27(30)31)26(37)34-23-15-29(2,3)39-24-9-8-17(10-22(23)24)6-4-5-7-20-14-25(36)35(16)28(32)33-20/h4,6,8-13,16,20,23,27H,5,7,14-15H2,1-3H3,(H2,32,33)(H,34,37)/b6-4-/t16-,20?,23?/m1/s1. The van der Waals surface area contributed by atoms with Crippen molar-refractivity contribution in [3.05, 3.63) is 64.7 Å². The molecule has 0 aromatic heterocycles. The number of alkyl halides is 2. The minimum atomic E-state index is -3.09. The van der Waals surface area contributed by atoms with Crippen LogP contribution in [-0.4, -0.2) is 40.9 Å². The van der Waals surface area contributed by atoms with E-state index in [9.17, 15) is 18.4 Å². The van der Waals surface area contributed by atoms with Gasteiger partial charge in [-0.3, -0.25) is 14.5 Å². The fourth-order valence-corrected chi connectivity index (χ4v) is 5.47. The van der Waals surface area contributed by atoms with Crippen LogP contribution in [0, 0.1) is 0 Å². The van der Waals surface area contributed by atoms with Crippen molar-refractivity contribution >= 4 is 23.8 Å². The lowest BCUT2D eigenvalue weighted by Crippen LogP contribution is -2.48. The van der Waals surface area contributed by atoms with E-state index < -0.39 is 24.2 Å². The molecule has 2 amide bonds. The molecule has 4 heterocycles. The fourth-order valence-electron chi connectivity index (χ4n) is 5.47. The smallest absolute Gasteiger partial charge is 0.387 e. The van der Waals surface area contributed by atoms with E-state index in [0.29, 0.717) is 30.6 Å². The SMILES string of the molecule is C[C@@H]1c2cc(OC(F)F)cc(c2)C(=O)NC2CC(C)(C)Oc3ccc(cc32)/C=C\CCC2CC(=O)N1C(N)=N2. The first-order valence-electron chi connectivity index (χ1n) is 13.0. The molecule has 8 nitrogen and oxygen atoms in total. The topological polar surface area (TPSA) is 106 Å². The summed E-state index contributed by atoms with van der Waals surface area (Å²) in [4.78, 5) is 32.6. The summed E-state index contributed by atoms with van der Waals surface area (Å²) >= 11 is 0. The molecule has 0 saturated heterocycles. The van der Waals surface area contributed by atoms with Gasteiger partial charge in [-0.2, -0.15) is 8.78 Å². The maximum Gasteiger partial charge on any atom is 0.387 e. The van der Waals surface area contributed by atoms with Gasteiger partial charge in [0.15, 0.2) is 5.96 Å². The second kappa shape index (κ2) is 10.3. The molecule has 0 radical (unpaired) electrons. The molecule has 3 N–H and O–H groups in total. The molecule has 3 atom stereocenters. The number of aliphatic imine (C=N–C) groups is 1. The Labute approximate surface area is 225 Å². The number of allylic oxidation sites excluding steroid dienone is 1. The summed E-state index contributed by atoms with van der Waals surface area (Å²) in [5.74, 6) is -0.135. The van der Waals surface area contributed by atoms with E-state index in [2.05, 4.69) is 15.0 Å². The molecule has 2 aromatic rings. The average molecular weight is 539 g/mol. The molecule has 0 aliphatic carbocycles. The summed E-state index contributed by atoms with van der Waals surface area (Å²) in [6.07, 6.45) is 6.05. The second-order valence-corrected chi connectivity index (χ2v) is 10.8. The van der Waals surface area contributed by atoms with Crippen molar-refractivity contribution in [3.8, 4) is 11.5 Å². The number of hydrogen-bond acceptors (Lipinski definition) is 6. The molecule has 0 saturated carbocycles. The van der Waals surface area contributed by atoms with Gasteiger partial charge in [0.2, 0.25) is 5.91 Å². The number of benzene rings is 2. The highest BCUT2D eigenvalue weighted by Gasteiger charge is 2.36. The lowest BCUT2D eigenvalue weighted by Gasteiger charge is -2.38. The zero-order valence-corrected chi connectivity index (χ0v) is 22.1. The molecular formula is C29H32F2N4O4. The van der Waals surface area contributed by atoms with Crippen LogP contribution < -0.4 is 20.5 Å². The number of amides is 2. The molecule has 6 bridgehead atoms. The Morgan fingerprint density at radius 1 is 1.21 bits per heavy atom. The minimum Gasteiger partial charge on any atom is -0.487 e. The molecule has 0 spiro atoms. The molecule has 4 aliphatic heterocycles. The first-order chi connectivity index (χ1) is 18.5. The predicted octanol–water partition coefficient (Wildman–Crippen LogP) is 5.10. The first-order valence-corrected chi connectivity index (χ1v) is 13.0. The molecule has 2 unspecified atom stereocenters. The van der Waals surface area contributed by atoms with Crippen molar-refractivity contribution in [3.63, 3.8) is 0 Å². The minimum absolute atomic E-state index is 0.0599. The highest BCUT2D eigenvalue weighted by atomic mass is 19.3. The summed E-state index contributed by atoms with van der Waals surface area (Å²) in [5.41, 5.74) is 8.00. The zero-order chi connectivity index (χ0) is 27.9. The maximum absolute atomic E-state index is 13.6. The number of rotatable bonds is 2. The molecule has 4 aliphatic rings. The van der Waals surface area contributed by atoms with Crippen molar-refractivity contribution in [1.82, 2.24) is 10.2 Å². The third-order valence-electron chi connectivity index (χ3n) is 7.30. The van der Waals surface area contributed by atoms with E-state index >= 15 is 0 Å². The van der Waals surface area contributed by atoms with Crippen LogP contribution in [0.5, 0.6) is 11.5 Å². The number of carbonyl (C=O) groups is 2. The van der Waals surface area contributed by atoms with E-state index in [1.807, 2.05) is 44.2 Å². The lowest BCUT2D eigenvalue weighted by atomic mass is 9.88. The van der Waals surface area contributed by atoms with Gasteiger partial charge in [0.05, 0.1) is 18.1 Å². The van der Waals surface area contributed by atoms with Gasteiger partial charge in [-0.15, -0.1) is 0 Å². The summed E-state index contributed by atoms with van der Waals surface area (Å²) in [7, 11) is 0. The van der Waals surface area contributed by atoms with Crippen LogP contribution in [0.2, 0.25) is 0 Å². The predicted molar refractivity (Wildman–Crippen MR) is 143 cm³/mol. The van der Waals surface area contributed by atoms with Crippen molar-refractivity contribution in [2.45, 2.75) is 76.8 Å². The molecule has 10 heteroatoms. The Hall–Kier alpha value is -3.95. The Bertz CT molecular complexity index is 1360. The van der Waals surface area contributed by atoms with Crippen LogP contribution in [0.25, 0.3) is 6.08 Å². The van der Waals surface area contributed by atoms with Gasteiger partial charge >= 0.3 is 6.61 Å². The van der Waals surface area contributed by atoms with Gasteiger partial charge in [0.25, 0.3) is 5.91 Å². The summed E-state index contributed by atoms with van der Waals surface area (Å²) < 4.78 is 37.3. The number of halogens is 2. The van der Waals surface area contributed by atoms with Gasteiger partial charge in [-0.25, -0.2) is 4.99 Å². The zero-order valence-electron chi connectivity index (χ0n) is 22.1. The van der Waals surface area contributed by atoms with Gasteiger partial charge in [-0.05, 0) is 75.1 Å². The first kappa shape index (κ1) is 26.6. The highest BCUT2D eigenvalue weighted by Crippen LogP contribution is 2.40. The van der Waals surface area contributed by atoms with Crippen molar-refractivity contribution in [1.29, 1.82) is 0 Å². The van der Waals surface area contributed by atoms with E-state index in [0.717, 1.165) is 11.1 Å². The fraction of sp³-hybridized carbons (Fsp3) is 0.414. The van der Waals surface area contributed by atoms with Gasteiger partial charge in [0, 0.05) is 24.0 Å². The maximum atomic E-state index is 13.6. The Morgan fingerprint density at radius 2 is 2.00 bits per heavy atom. The monoisotopic (exact) mass is 538 g/mol. The van der Waals surface area contributed by atoms with Gasteiger partial charge < -0.3 is 20.5 Å². The van der Waals surface area contributed by atoms with Crippen molar-refractivity contribution in [2.24, 2.45) is 10.7 Å². The molecule has 6 rings (SSSR count). The van der Waals surface area contributed by atoms with Crippen LogP contribution in [0.3, 0.4) is 0 Å². The largest absolute Gasteiger partial charge is 0.487 e. The van der Waals surface area contributed by atoms with Gasteiger partial charge in [-0.1, -0.05) is 18.2 Å². The number of guanidine groups is 1. The number of ether oxygens (including phenoxy) is 2. The third-order valence-corrected chi connectivity index (χ3v) is 7.30. The summed E-state index contributed by atoms with van der Waals surface area (Å²) in [6.45, 7) is 2.52.